The Labute approximate surface area is 327 Å². The number of carbonyl (C=O) groups is 1. The summed E-state index contributed by atoms with van der Waals surface area (Å²) in [5.74, 6) is -0.201. The van der Waals surface area contributed by atoms with Crippen LogP contribution in [0.15, 0.2) is 48.6 Å². The van der Waals surface area contributed by atoms with Crippen LogP contribution in [0.5, 0.6) is 0 Å². The van der Waals surface area contributed by atoms with Crippen LogP contribution in [-0.2, 0) is 18.4 Å². The number of allylic oxidation sites excluding steroid dienone is 7. The third-order valence-corrected chi connectivity index (χ3v) is 10.3. The summed E-state index contributed by atoms with van der Waals surface area (Å²) < 4.78 is 23.5. The second kappa shape index (κ2) is 36.1. The van der Waals surface area contributed by atoms with Crippen molar-refractivity contribution in [1.29, 1.82) is 0 Å². The molecule has 1 amide bonds. The van der Waals surface area contributed by atoms with Crippen LogP contribution in [0, 0.1) is 0 Å². The molecule has 3 atom stereocenters. The van der Waals surface area contributed by atoms with Gasteiger partial charge >= 0.3 is 7.82 Å². The fraction of sp³-hybridized carbons (Fsp3) is 0.795. The topological polar surface area (TPSA) is 105 Å². The first-order chi connectivity index (χ1) is 25.5. The van der Waals surface area contributed by atoms with Crippen molar-refractivity contribution in [3.8, 4) is 0 Å². The van der Waals surface area contributed by atoms with Gasteiger partial charge in [0.1, 0.15) is 13.2 Å². The van der Waals surface area contributed by atoms with Gasteiger partial charge in [-0.05, 0) is 57.8 Å². The van der Waals surface area contributed by atoms with E-state index in [9.17, 15) is 19.4 Å². The van der Waals surface area contributed by atoms with Gasteiger partial charge in [-0.3, -0.25) is 13.8 Å². The number of nitrogens with one attached hydrogen (secondary N) is 1. The first kappa shape index (κ1) is 51.5. The summed E-state index contributed by atoms with van der Waals surface area (Å²) in [6.45, 7) is 4.73. The SMILES string of the molecule is CCCCC/C=C\C=C/CCCCCCCCC(=O)NC(COP(=O)(O)OCC[N+](C)(C)C)C(O)/C=C/CC/C=C/CCCCCCCCCCCC. The van der Waals surface area contributed by atoms with Crippen molar-refractivity contribution >= 4 is 13.7 Å². The van der Waals surface area contributed by atoms with Gasteiger partial charge in [0.05, 0.1) is 39.9 Å². The van der Waals surface area contributed by atoms with Crippen molar-refractivity contribution in [2.45, 2.75) is 187 Å². The lowest BCUT2D eigenvalue weighted by Gasteiger charge is -2.25. The monoisotopic (exact) mass is 768 g/mol. The third kappa shape index (κ3) is 38.5. The number of phosphoric ester groups is 1. The molecule has 0 bridgehead atoms. The Hall–Kier alpha value is -1.54. The first-order valence-electron chi connectivity index (χ1n) is 21.5. The van der Waals surface area contributed by atoms with Gasteiger partial charge in [0.2, 0.25) is 5.91 Å². The molecular formula is C44H84N2O6P+. The van der Waals surface area contributed by atoms with Crippen LogP contribution in [0.4, 0.5) is 0 Å². The van der Waals surface area contributed by atoms with Gasteiger partial charge in [-0.15, -0.1) is 0 Å². The molecule has 3 unspecified atom stereocenters. The molecule has 0 heterocycles. The standard InChI is InChI=1S/C44H83N2O6P/c1-6-8-10-12-14-16-18-20-22-24-25-27-29-31-33-35-37-43(47)42(41-52-53(49,50)51-40-39-46(3,4)5)45-44(48)38-36-34-32-30-28-26-23-21-19-17-15-13-11-9-7-2/h15,17,19,21,27,29,35,37,42-43,47H,6-14,16,18,20,22-26,28,30-34,36,38-41H2,1-5H3,(H-,45,48,49,50)/p+1/b17-15-,21-19-,29-27+,37-35+. The van der Waals surface area contributed by atoms with E-state index in [1.54, 1.807) is 6.08 Å². The van der Waals surface area contributed by atoms with Crippen molar-refractivity contribution in [1.82, 2.24) is 5.32 Å². The van der Waals surface area contributed by atoms with Crippen LogP contribution >= 0.6 is 7.82 Å². The van der Waals surface area contributed by atoms with E-state index in [0.29, 0.717) is 17.4 Å². The highest BCUT2D eigenvalue weighted by atomic mass is 31.2. The molecular weight excluding hydrogens is 683 g/mol. The summed E-state index contributed by atoms with van der Waals surface area (Å²) in [5.41, 5.74) is 0. The summed E-state index contributed by atoms with van der Waals surface area (Å²) in [7, 11) is 1.54. The number of phosphoric acid groups is 1. The largest absolute Gasteiger partial charge is 0.472 e. The number of quaternary nitrogens is 1. The van der Waals surface area contributed by atoms with E-state index >= 15 is 0 Å². The minimum Gasteiger partial charge on any atom is -0.387 e. The van der Waals surface area contributed by atoms with Crippen molar-refractivity contribution in [3.63, 3.8) is 0 Å². The quantitative estimate of drug-likeness (QED) is 0.0190. The van der Waals surface area contributed by atoms with Crippen molar-refractivity contribution in [2.75, 3.05) is 40.9 Å². The summed E-state index contributed by atoms with van der Waals surface area (Å²) in [5, 5.41) is 13.8. The minimum absolute atomic E-state index is 0.0523. The number of aliphatic hydroxyl groups excluding tert-OH is 1. The van der Waals surface area contributed by atoms with Gasteiger partial charge in [0.25, 0.3) is 0 Å². The maximum atomic E-state index is 12.8. The number of hydrogen-bond donors (Lipinski definition) is 3. The Morgan fingerprint density at radius 3 is 1.66 bits per heavy atom. The number of amides is 1. The average Bonchev–Trinajstić information content (AvgIpc) is 3.10. The Kier molecular flexibility index (Phi) is 35.1. The van der Waals surface area contributed by atoms with E-state index in [2.05, 4.69) is 55.6 Å². The van der Waals surface area contributed by atoms with Crippen LogP contribution in [0.1, 0.15) is 174 Å². The summed E-state index contributed by atoms with van der Waals surface area (Å²) in [6.07, 6.45) is 44.6. The molecule has 0 radical (unpaired) electrons. The van der Waals surface area contributed by atoms with Gasteiger partial charge in [-0.1, -0.05) is 159 Å². The maximum absolute atomic E-state index is 12.8. The zero-order chi connectivity index (χ0) is 39.3. The second-order valence-corrected chi connectivity index (χ2v) is 17.2. The van der Waals surface area contributed by atoms with Crippen LogP contribution in [0.2, 0.25) is 0 Å². The van der Waals surface area contributed by atoms with Gasteiger partial charge in [0.15, 0.2) is 0 Å². The molecule has 0 spiro atoms. The lowest BCUT2D eigenvalue weighted by atomic mass is 10.1. The highest BCUT2D eigenvalue weighted by molar-refractivity contribution is 7.47. The molecule has 9 heteroatoms. The number of unbranched alkanes of at least 4 members (excludes halogenated alkanes) is 20. The predicted octanol–water partition coefficient (Wildman–Crippen LogP) is 11.7. The van der Waals surface area contributed by atoms with E-state index in [0.717, 1.165) is 57.8 Å². The Balaban J connectivity index is 4.54. The summed E-state index contributed by atoms with van der Waals surface area (Å²) in [6, 6.07) is -0.868. The molecule has 0 aromatic carbocycles. The minimum atomic E-state index is -4.35. The molecule has 3 N–H and O–H groups in total. The van der Waals surface area contributed by atoms with Gasteiger partial charge < -0.3 is 19.8 Å². The van der Waals surface area contributed by atoms with Gasteiger partial charge in [-0.25, -0.2) is 4.57 Å². The molecule has 0 saturated heterocycles. The molecule has 0 fully saturated rings. The maximum Gasteiger partial charge on any atom is 0.472 e. The van der Waals surface area contributed by atoms with E-state index in [4.69, 9.17) is 9.05 Å². The van der Waals surface area contributed by atoms with E-state index < -0.39 is 20.0 Å². The number of likely N-dealkylation sites (N-methyl/N-ethyl adjacent to an activating group) is 1. The van der Waals surface area contributed by atoms with Crippen LogP contribution in [0.3, 0.4) is 0 Å². The molecule has 0 saturated carbocycles. The molecule has 53 heavy (non-hydrogen) atoms. The summed E-state index contributed by atoms with van der Waals surface area (Å²) >= 11 is 0. The Morgan fingerprint density at radius 1 is 0.642 bits per heavy atom. The molecule has 0 aliphatic rings. The van der Waals surface area contributed by atoms with Crippen molar-refractivity contribution in [3.05, 3.63) is 48.6 Å². The highest BCUT2D eigenvalue weighted by Crippen LogP contribution is 2.43. The van der Waals surface area contributed by atoms with Gasteiger partial charge in [-0.2, -0.15) is 0 Å². The predicted molar refractivity (Wildman–Crippen MR) is 226 cm³/mol. The van der Waals surface area contributed by atoms with E-state index in [1.165, 1.54) is 96.3 Å². The molecule has 310 valence electrons. The second-order valence-electron chi connectivity index (χ2n) is 15.7. The summed E-state index contributed by atoms with van der Waals surface area (Å²) in [4.78, 5) is 23.1. The number of carbonyl (C=O) groups excluding carboxylic acids is 1. The van der Waals surface area contributed by atoms with Crippen molar-refractivity contribution in [2.24, 2.45) is 0 Å². The number of aliphatic hydroxyl groups is 1. The van der Waals surface area contributed by atoms with E-state index in [1.807, 2.05) is 27.2 Å². The lowest BCUT2D eigenvalue weighted by molar-refractivity contribution is -0.870. The molecule has 0 aliphatic heterocycles. The molecule has 0 aromatic heterocycles. The average molecular weight is 768 g/mol. The Morgan fingerprint density at radius 2 is 1.09 bits per heavy atom. The fourth-order valence-corrected chi connectivity index (χ4v) is 6.55. The van der Waals surface area contributed by atoms with Gasteiger partial charge in [0, 0.05) is 6.42 Å². The third-order valence-electron chi connectivity index (χ3n) is 9.30. The highest BCUT2D eigenvalue weighted by Gasteiger charge is 2.27. The number of hydrogen-bond acceptors (Lipinski definition) is 5. The first-order valence-corrected chi connectivity index (χ1v) is 23.0. The Bertz CT molecular complexity index is 1010. The number of nitrogens with zero attached hydrogens (tertiary/aromatic N) is 1. The van der Waals surface area contributed by atoms with Crippen LogP contribution in [0.25, 0.3) is 0 Å². The van der Waals surface area contributed by atoms with E-state index in [-0.39, 0.29) is 19.1 Å². The lowest BCUT2D eigenvalue weighted by Crippen LogP contribution is -2.45. The normalized spacial score (nSPS) is 14.9. The van der Waals surface area contributed by atoms with Crippen molar-refractivity contribution < 1.29 is 32.9 Å². The zero-order valence-electron chi connectivity index (χ0n) is 35.0. The number of rotatable bonds is 38. The zero-order valence-corrected chi connectivity index (χ0v) is 35.9. The molecule has 8 nitrogen and oxygen atoms in total. The molecule has 0 rings (SSSR count). The fourth-order valence-electron chi connectivity index (χ4n) is 5.81. The van der Waals surface area contributed by atoms with Crippen LogP contribution in [-0.4, -0.2) is 73.4 Å². The van der Waals surface area contributed by atoms with Crippen LogP contribution < -0.4 is 5.32 Å². The molecule has 0 aliphatic carbocycles. The molecule has 0 aromatic rings. The smallest absolute Gasteiger partial charge is 0.387 e.